The summed E-state index contributed by atoms with van der Waals surface area (Å²) < 4.78 is 13.9. The number of hydrogen-bond acceptors (Lipinski definition) is 7. The highest BCUT2D eigenvalue weighted by atomic mass is 79.9. The van der Waals surface area contributed by atoms with Gasteiger partial charge < -0.3 is 14.4 Å². The SMILES string of the molecule is CCOc1ccccc1-n1nnnc1SCC(=O)N(C)CCOc1ccc(Br)cc1. The van der Waals surface area contributed by atoms with Crippen LogP contribution < -0.4 is 9.47 Å². The Balaban J connectivity index is 1.53. The largest absolute Gasteiger partial charge is 0.492 e. The third-order valence-corrected chi connectivity index (χ3v) is 5.53. The molecule has 3 rings (SSSR count). The molecular formula is C20H22BrN5O3S. The van der Waals surface area contributed by atoms with Gasteiger partial charge in [-0.2, -0.15) is 4.68 Å². The monoisotopic (exact) mass is 491 g/mol. The van der Waals surface area contributed by atoms with Crippen LogP contribution >= 0.6 is 27.7 Å². The van der Waals surface area contributed by atoms with E-state index in [9.17, 15) is 4.79 Å². The third kappa shape index (κ3) is 5.96. The van der Waals surface area contributed by atoms with Gasteiger partial charge in [0, 0.05) is 11.5 Å². The predicted octanol–water partition coefficient (Wildman–Crippen LogP) is 3.45. The minimum atomic E-state index is -0.0351. The van der Waals surface area contributed by atoms with Crippen molar-refractivity contribution >= 4 is 33.6 Å². The molecule has 0 fully saturated rings. The van der Waals surface area contributed by atoms with Crippen LogP contribution in [0.3, 0.4) is 0 Å². The minimum absolute atomic E-state index is 0.0351. The lowest BCUT2D eigenvalue weighted by atomic mass is 10.3. The lowest BCUT2D eigenvalue weighted by Gasteiger charge is -2.17. The Morgan fingerprint density at radius 3 is 2.70 bits per heavy atom. The number of likely N-dealkylation sites (N-methyl/N-ethyl adjacent to an activating group) is 1. The highest BCUT2D eigenvalue weighted by Crippen LogP contribution is 2.26. The number of hydrogen-bond donors (Lipinski definition) is 0. The molecule has 1 heterocycles. The molecule has 1 aromatic heterocycles. The van der Waals surface area contributed by atoms with Crippen molar-refractivity contribution in [3.8, 4) is 17.2 Å². The van der Waals surface area contributed by atoms with Gasteiger partial charge in [0.1, 0.15) is 23.8 Å². The van der Waals surface area contributed by atoms with E-state index in [4.69, 9.17) is 9.47 Å². The highest BCUT2D eigenvalue weighted by molar-refractivity contribution is 9.10. The number of halogens is 1. The van der Waals surface area contributed by atoms with E-state index in [1.54, 1.807) is 16.6 Å². The number of nitrogens with zero attached hydrogens (tertiary/aromatic N) is 5. The lowest BCUT2D eigenvalue weighted by molar-refractivity contribution is -0.127. The van der Waals surface area contributed by atoms with Crippen LogP contribution in [-0.2, 0) is 4.79 Å². The van der Waals surface area contributed by atoms with E-state index in [1.165, 1.54) is 11.8 Å². The molecule has 2 aromatic carbocycles. The molecule has 0 aliphatic rings. The van der Waals surface area contributed by atoms with Gasteiger partial charge >= 0.3 is 0 Å². The van der Waals surface area contributed by atoms with Gasteiger partial charge in [-0.05, 0) is 53.7 Å². The number of benzene rings is 2. The van der Waals surface area contributed by atoms with E-state index < -0.39 is 0 Å². The number of rotatable bonds is 10. The van der Waals surface area contributed by atoms with Crippen LogP contribution in [0.4, 0.5) is 0 Å². The number of thioether (sulfide) groups is 1. The molecule has 0 saturated heterocycles. The minimum Gasteiger partial charge on any atom is -0.492 e. The molecule has 0 bridgehead atoms. The fraction of sp³-hybridized carbons (Fsp3) is 0.300. The van der Waals surface area contributed by atoms with Crippen molar-refractivity contribution in [3.05, 3.63) is 53.0 Å². The molecule has 0 unspecified atom stereocenters. The fourth-order valence-electron chi connectivity index (χ4n) is 2.52. The van der Waals surface area contributed by atoms with Gasteiger partial charge in [0.15, 0.2) is 0 Å². The molecule has 0 atom stereocenters. The first-order valence-electron chi connectivity index (χ1n) is 9.34. The summed E-state index contributed by atoms with van der Waals surface area (Å²) in [6.07, 6.45) is 0. The first kappa shape index (κ1) is 22.1. The number of aromatic nitrogens is 4. The van der Waals surface area contributed by atoms with Crippen molar-refractivity contribution in [1.29, 1.82) is 0 Å². The second-order valence-corrected chi connectivity index (χ2v) is 8.04. The molecule has 3 aromatic rings. The van der Waals surface area contributed by atoms with Gasteiger partial charge in [-0.3, -0.25) is 4.79 Å². The summed E-state index contributed by atoms with van der Waals surface area (Å²) in [5.41, 5.74) is 0.732. The van der Waals surface area contributed by atoms with Crippen LogP contribution in [0.1, 0.15) is 6.92 Å². The molecule has 1 amide bonds. The molecule has 0 aliphatic carbocycles. The maximum Gasteiger partial charge on any atom is 0.232 e. The molecule has 0 N–H and O–H groups in total. The van der Waals surface area contributed by atoms with Gasteiger partial charge in [0.2, 0.25) is 11.1 Å². The molecule has 158 valence electrons. The standard InChI is InChI=1S/C20H22BrN5O3S/c1-3-28-18-7-5-4-6-17(18)26-20(22-23-24-26)30-14-19(27)25(2)12-13-29-16-10-8-15(21)9-11-16/h4-11H,3,12-14H2,1-2H3. The summed E-state index contributed by atoms with van der Waals surface area (Å²) in [6, 6.07) is 15.1. The molecule has 0 saturated carbocycles. The number of amides is 1. The summed E-state index contributed by atoms with van der Waals surface area (Å²) in [5.74, 6) is 1.63. The molecule has 0 aliphatic heterocycles. The summed E-state index contributed by atoms with van der Waals surface area (Å²) in [7, 11) is 1.75. The molecule has 10 heteroatoms. The van der Waals surface area contributed by atoms with Crippen LogP contribution in [0, 0.1) is 0 Å². The van der Waals surface area contributed by atoms with Crippen molar-refractivity contribution in [2.24, 2.45) is 0 Å². The van der Waals surface area contributed by atoms with E-state index in [1.807, 2.05) is 55.5 Å². The lowest BCUT2D eigenvalue weighted by Crippen LogP contribution is -2.32. The predicted molar refractivity (Wildman–Crippen MR) is 118 cm³/mol. The van der Waals surface area contributed by atoms with Crippen molar-refractivity contribution in [1.82, 2.24) is 25.1 Å². The Labute approximate surface area is 187 Å². The molecule has 8 nitrogen and oxygen atoms in total. The van der Waals surface area contributed by atoms with E-state index in [0.29, 0.717) is 30.7 Å². The van der Waals surface area contributed by atoms with Crippen LogP contribution in [0.15, 0.2) is 58.2 Å². The Morgan fingerprint density at radius 1 is 1.17 bits per heavy atom. The highest BCUT2D eigenvalue weighted by Gasteiger charge is 2.16. The van der Waals surface area contributed by atoms with Crippen molar-refractivity contribution in [2.45, 2.75) is 12.1 Å². The zero-order chi connectivity index (χ0) is 21.3. The van der Waals surface area contributed by atoms with Crippen LogP contribution in [0.5, 0.6) is 11.5 Å². The summed E-state index contributed by atoms with van der Waals surface area (Å²) in [6.45, 7) is 3.34. The maximum absolute atomic E-state index is 12.5. The molecular weight excluding hydrogens is 470 g/mol. The van der Waals surface area contributed by atoms with Gasteiger partial charge in [-0.1, -0.05) is 39.8 Å². The molecule has 30 heavy (non-hydrogen) atoms. The summed E-state index contributed by atoms with van der Waals surface area (Å²) in [5, 5.41) is 12.4. The Kier molecular flexibility index (Phi) is 8.09. The smallest absolute Gasteiger partial charge is 0.232 e. The first-order chi connectivity index (χ1) is 14.6. The summed E-state index contributed by atoms with van der Waals surface area (Å²) in [4.78, 5) is 14.1. The zero-order valence-corrected chi connectivity index (χ0v) is 19.1. The van der Waals surface area contributed by atoms with Crippen LogP contribution in [0.2, 0.25) is 0 Å². The van der Waals surface area contributed by atoms with E-state index in [-0.39, 0.29) is 11.7 Å². The normalized spacial score (nSPS) is 10.6. The van der Waals surface area contributed by atoms with Crippen LogP contribution in [-0.4, -0.2) is 63.6 Å². The third-order valence-electron chi connectivity index (χ3n) is 4.09. The Hall–Kier alpha value is -2.59. The fourth-order valence-corrected chi connectivity index (χ4v) is 3.61. The average Bonchev–Trinajstić information content (AvgIpc) is 3.22. The number of carbonyl (C=O) groups is 1. The van der Waals surface area contributed by atoms with Gasteiger partial charge in [-0.25, -0.2) is 0 Å². The average molecular weight is 492 g/mol. The topological polar surface area (TPSA) is 82.4 Å². The summed E-state index contributed by atoms with van der Waals surface area (Å²) >= 11 is 4.66. The Morgan fingerprint density at radius 2 is 1.93 bits per heavy atom. The van der Waals surface area contributed by atoms with E-state index >= 15 is 0 Å². The van der Waals surface area contributed by atoms with Crippen molar-refractivity contribution < 1.29 is 14.3 Å². The van der Waals surface area contributed by atoms with E-state index in [0.717, 1.165) is 15.9 Å². The van der Waals surface area contributed by atoms with Crippen molar-refractivity contribution in [2.75, 3.05) is 32.6 Å². The van der Waals surface area contributed by atoms with Gasteiger partial charge in [0.25, 0.3) is 0 Å². The first-order valence-corrected chi connectivity index (χ1v) is 11.1. The molecule has 0 radical (unpaired) electrons. The van der Waals surface area contributed by atoms with E-state index in [2.05, 4.69) is 31.5 Å². The number of carbonyl (C=O) groups excluding carboxylic acids is 1. The molecule has 0 spiro atoms. The van der Waals surface area contributed by atoms with Gasteiger partial charge in [0.05, 0.1) is 18.9 Å². The quantitative estimate of drug-likeness (QED) is 0.401. The number of tetrazole rings is 1. The second-order valence-electron chi connectivity index (χ2n) is 6.18. The van der Waals surface area contributed by atoms with Crippen LogP contribution in [0.25, 0.3) is 5.69 Å². The van der Waals surface area contributed by atoms with Crippen molar-refractivity contribution in [3.63, 3.8) is 0 Å². The number of ether oxygens (including phenoxy) is 2. The van der Waals surface area contributed by atoms with Gasteiger partial charge in [-0.15, -0.1) is 5.10 Å². The number of para-hydroxylation sites is 2. The second kappa shape index (κ2) is 11.0. The Bertz CT molecular complexity index is 967. The zero-order valence-electron chi connectivity index (χ0n) is 16.7. The maximum atomic E-state index is 12.5.